The van der Waals surface area contributed by atoms with E-state index in [1.165, 1.54) is 12.8 Å². The fourth-order valence-corrected chi connectivity index (χ4v) is 1.49. The normalized spacial score (nSPS) is 13.1. The Morgan fingerprint density at radius 2 is 1.53 bits per heavy atom. The molecule has 0 spiro atoms. The van der Waals surface area contributed by atoms with Gasteiger partial charge < -0.3 is 10.6 Å². The molecule has 17 heavy (non-hydrogen) atoms. The van der Waals surface area contributed by atoms with Crippen molar-refractivity contribution in [2.24, 2.45) is 11.8 Å². The molecule has 2 N–H and O–H groups in total. The van der Waals surface area contributed by atoms with Crippen LogP contribution in [0.2, 0.25) is 0 Å². The van der Waals surface area contributed by atoms with Gasteiger partial charge in [-0.15, -0.1) is 0 Å². The summed E-state index contributed by atoms with van der Waals surface area (Å²) in [7, 11) is 0. The lowest BCUT2D eigenvalue weighted by Gasteiger charge is -2.15. The molecule has 0 aromatic rings. The van der Waals surface area contributed by atoms with Crippen molar-refractivity contribution >= 4 is 5.91 Å². The third-order valence-electron chi connectivity index (χ3n) is 3.12. The number of rotatable bonds is 9. The van der Waals surface area contributed by atoms with Crippen molar-refractivity contribution in [2.75, 3.05) is 13.1 Å². The molecule has 0 heterocycles. The molecule has 0 aromatic carbocycles. The molecule has 0 unspecified atom stereocenters. The Morgan fingerprint density at radius 3 is 2.06 bits per heavy atom. The van der Waals surface area contributed by atoms with Crippen LogP contribution in [0, 0.1) is 11.8 Å². The van der Waals surface area contributed by atoms with Gasteiger partial charge in [0, 0.05) is 18.5 Å². The Kier molecular flexibility index (Phi) is 9.14. The summed E-state index contributed by atoms with van der Waals surface area (Å²) in [6.07, 6.45) is 3.44. The number of hydrogen-bond donors (Lipinski definition) is 2. The molecule has 102 valence electrons. The zero-order valence-electron chi connectivity index (χ0n) is 12.2. The summed E-state index contributed by atoms with van der Waals surface area (Å²) in [5.41, 5.74) is 0. The predicted octanol–water partition coefficient (Wildman–Crippen LogP) is 2.56. The lowest BCUT2D eigenvalue weighted by Crippen LogP contribution is -2.32. The Labute approximate surface area is 107 Å². The minimum absolute atomic E-state index is 0.123. The first-order valence-corrected chi connectivity index (χ1v) is 6.96. The quantitative estimate of drug-likeness (QED) is 0.610. The molecule has 3 nitrogen and oxygen atoms in total. The molecule has 0 radical (unpaired) electrons. The highest BCUT2D eigenvalue weighted by molar-refractivity contribution is 5.78. The van der Waals surface area contributed by atoms with Gasteiger partial charge in [0.05, 0.1) is 0 Å². The average Bonchev–Trinajstić information content (AvgIpc) is 2.25. The second kappa shape index (κ2) is 9.46. The molecule has 0 aliphatic heterocycles. The molecule has 0 saturated heterocycles. The third kappa shape index (κ3) is 9.16. The zero-order valence-corrected chi connectivity index (χ0v) is 12.2. The average molecular weight is 242 g/mol. The number of nitrogens with one attached hydrogen (secondary N) is 2. The van der Waals surface area contributed by atoms with E-state index in [0.29, 0.717) is 12.0 Å². The number of unbranched alkanes of at least 4 members (excludes halogenated alkanes) is 2. The standard InChI is InChI=1S/C14H30N2O/c1-11(2)13(5)14(17)16-10-8-6-7-9-15-12(3)4/h11-13,15H,6-10H2,1-5H3,(H,16,17)/t13-/m0/s1. The van der Waals surface area contributed by atoms with Gasteiger partial charge >= 0.3 is 0 Å². The summed E-state index contributed by atoms with van der Waals surface area (Å²) in [6, 6.07) is 0.571. The maximum absolute atomic E-state index is 11.6. The third-order valence-corrected chi connectivity index (χ3v) is 3.12. The summed E-state index contributed by atoms with van der Waals surface area (Å²) in [6.45, 7) is 12.4. The fourth-order valence-electron chi connectivity index (χ4n) is 1.49. The van der Waals surface area contributed by atoms with Gasteiger partial charge in [-0.3, -0.25) is 4.79 Å². The lowest BCUT2D eigenvalue weighted by molar-refractivity contribution is -0.125. The van der Waals surface area contributed by atoms with Crippen LogP contribution in [0.25, 0.3) is 0 Å². The molecular formula is C14H30N2O. The first-order chi connectivity index (χ1) is 7.95. The minimum Gasteiger partial charge on any atom is -0.356 e. The van der Waals surface area contributed by atoms with Gasteiger partial charge in [-0.1, -0.05) is 41.0 Å². The number of amides is 1. The molecule has 0 aliphatic rings. The largest absolute Gasteiger partial charge is 0.356 e. The smallest absolute Gasteiger partial charge is 0.223 e. The van der Waals surface area contributed by atoms with Crippen LogP contribution in [0.15, 0.2) is 0 Å². The number of carbonyl (C=O) groups is 1. The summed E-state index contributed by atoms with van der Waals surface area (Å²) in [5, 5.41) is 6.40. The maximum Gasteiger partial charge on any atom is 0.223 e. The van der Waals surface area contributed by atoms with Crippen molar-refractivity contribution < 1.29 is 4.79 Å². The summed E-state index contributed by atoms with van der Waals surface area (Å²) in [5.74, 6) is 0.739. The lowest BCUT2D eigenvalue weighted by atomic mass is 9.97. The first kappa shape index (κ1) is 16.4. The monoisotopic (exact) mass is 242 g/mol. The molecule has 1 atom stereocenters. The summed E-state index contributed by atoms with van der Waals surface area (Å²) in [4.78, 5) is 11.6. The SMILES string of the molecule is CC(C)NCCCCCNC(=O)[C@@H](C)C(C)C. The highest BCUT2D eigenvalue weighted by Crippen LogP contribution is 2.09. The zero-order chi connectivity index (χ0) is 13.3. The first-order valence-electron chi connectivity index (χ1n) is 6.96. The molecule has 0 aromatic heterocycles. The van der Waals surface area contributed by atoms with Crippen molar-refractivity contribution in [3.05, 3.63) is 0 Å². The Hall–Kier alpha value is -0.570. The van der Waals surface area contributed by atoms with Crippen molar-refractivity contribution in [3.8, 4) is 0 Å². The predicted molar refractivity (Wildman–Crippen MR) is 74.0 cm³/mol. The van der Waals surface area contributed by atoms with Crippen LogP contribution in [0.4, 0.5) is 0 Å². The van der Waals surface area contributed by atoms with Crippen LogP contribution >= 0.6 is 0 Å². The summed E-state index contributed by atoms with van der Waals surface area (Å²) < 4.78 is 0. The molecule has 1 amide bonds. The van der Waals surface area contributed by atoms with Gasteiger partial charge in [0.1, 0.15) is 0 Å². The fraction of sp³-hybridized carbons (Fsp3) is 0.929. The van der Waals surface area contributed by atoms with E-state index in [4.69, 9.17) is 0 Å². The van der Waals surface area contributed by atoms with Crippen molar-refractivity contribution in [1.82, 2.24) is 10.6 Å². The van der Waals surface area contributed by atoms with Crippen LogP contribution in [0.5, 0.6) is 0 Å². The van der Waals surface area contributed by atoms with Crippen LogP contribution in [0.3, 0.4) is 0 Å². The molecule has 0 fully saturated rings. The van der Waals surface area contributed by atoms with E-state index in [1.807, 2.05) is 6.92 Å². The van der Waals surface area contributed by atoms with E-state index >= 15 is 0 Å². The maximum atomic E-state index is 11.6. The minimum atomic E-state index is 0.123. The van der Waals surface area contributed by atoms with Gasteiger partial charge in [0.2, 0.25) is 5.91 Å². The second-order valence-corrected chi connectivity index (χ2v) is 5.49. The Morgan fingerprint density at radius 1 is 0.941 bits per heavy atom. The topological polar surface area (TPSA) is 41.1 Å². The second-order valence-electron chi connectivity index (χ2n) is 5.49. The van der Waals surface area contributed by atoms with E-state index in [1.54, 1.807) is 0 Å². The van der Waals surface area contributed by atoms with Crippen molar-refractivity contribution in [3.63, 3.8) is 0 Å². The van der Waals surface area contributed by atoms with Crippen LogP contribution in [-0.4, -0.2) is 25.0 Å². The molecule has 0 saturated carbocycles. The van der Waals surface area contributed by atoms with Gasteiger partial charge in [0.25, 0.3) is 0 Å². The van der Waals surface area contributed by atoms with Gasteiger partial charge in [-0.25, -0.2) is 0 Å². The van der Waals surface area contributed by atoms with E-state index in [0.717, 1.165) is 19.5 Å². The number of hydrogen-bond acceptors (Lipinski definition) is 2. The highest BCUT2D eigenvalue weighted by atomic mass is 16.1. The van der Waals surface area contributed by atoms with E-state index in [2.05, 4.69) is 38.3 Å². The molecule has 3 heteroatoms. The van der Waals surface area contributed by atoms with Gasteiger partial charge in [-0.2, -0.15) is 0 Å². The summed E-state index contributed by atoms with van der Waals surface area (Å²) >= 11 is 0. The highest BCUT2D eigenvalue weighted by Gasteiger charge is 2.15. The molecular weight excluding hydrogens is 212 g/mol. The Balaban J connectivity index is 3.37. The van der Waals surface area contributed by atoms with E-state index < -0.39 is 0 Å². The van der Waals surface area contributed by atoms with Gasteiger partial charge in [0.15, 0.2) is 0 Å². The van der Waals surface area contributed by atoms with Crippen LogP contribution in [-0.2, 0) is 4.79 Å². The van der Waals surface area contributed by atoms with Crippen LogP contribution < -0.4 is 10.6 Å². The van der Waals surface area contributed by atoms with E-state index in [-0.39, 0.29) is 11.8 Å². The number of carbonyl (C=O) groups excluding carboxylic acids is 1. The van der Waals surface area contributed by atoms with Crippen molar-refractivity contribution in [2.45, 2.75) is 59.9 Å². The van der Waals surface area contributed by atoms with Gasteiger partial charge in [-0.05, 0) is 25.3 Å². The Bertz CT molecular complexity index is 202. The van der Waals surface area contributed by atoms with Crippen LogP contribution in [0.1, 0.15) is 53.9 Å². The molecule has 0 aliphatic carbocycles. The molecule has 0 bridgehead atoms. The van der Waals surface area contributed by atoms with Crippen molar-refractivity contribution in [1.29, 1.82) is 0 Å². The van der Waals surface area contributed by atoms with E-state index in [9.17, 15) is 4.79 Å². The molecule has 0 rings (SSSR count).